The molecule has 6 nitrogen and oxygen atoms in total. The van der Waals surface area contributed by atoms with E-state index in [0.717, 1.165) is 92.9 Å². The normalized spacial score (nSPS) is 13.4. The number of ether oxygens (including phenoxy) is 2. The summed E-state index contributed by atoms with van der Waals surface area (Å²) in [5.74, 6) is 3.24. The third-order valence-electron chi connectivity index (χ3n) is 6.64. The molecule has 1 aliphatic carbocycles. The summed E-state index contributed by atoms with van der Waals surface area (Å²) in [5.41, 5.74) is 3.36. The second-order valence-corrected chi connectivity index (χ2v) is 9.51. The van der Waals surface area contributed by atoms with Gasteiger partial charge in [-0.3, -0.25) is 4.79 Å². The van der Waals surface area contributed by atoms with Gasteiger partial charge in [0, 0.05) is 25.4 Å². The number of allylic oxidation sites excluding steroid dienone is 1. The van der Waals surface area contributed by atoms with Gasteiger partial charge in [-0.1, -0.05) is 36.8 Å². The van der Waals surface area contributed by atoms with Gasteiger partial charge >= 0.3 is 0 Å². The lowest BCUT2D eigenvalue weighted by Gasteiger charge is -2.12. The highest BCUT2D eigenvalue weighted by Crippen LogP contribution is 2.29. The van der Waals surface area contributed by atoms with Crippen LogP contribution in [-0.2, 0) is 17.8 Å². The predicted molar refractivity (Wildman–Crippen MR) is 145 cm³/mol. The van der Waals surface area contributed by atoms with Crippen molar-refractivity contribution in [2.24, 2.45) is 5.92 Å². The minimum Gasteiger partial charge on any atom is -0.493 e. The maximum absolute atomic E-state index is 11.8. The number of amides is 1. The second kappa shape index (κ2) is 13.1. The van der Waals surface area contributed by atoms with Gasteiger partial charge < -0.3 is 19.4 Å². The second-order valence-electron chi connectivity index (χ2n) is 9.51. The number of carbonyl (C=O) groups is 1. The first kappa shape index (κ1) is 25.8. The average Bonchev–Trinajstić information content (AvgIpc) is 3.69. The Hall–Kier alpha value is -3.28. The Bertz CT molecular complexity index is 1160. The molecule has 0 spiro atoms. The van der Waals surface area contributed by atoms with E-state index >= 15 is 0 Å². The van der Waals surface area contributed by atoms with Crippen LogP contribution in [0.15, 0.2) is 48.5 Å². The topological polar surface area (TPSA) is 65.4 Å². The van der Waals surface area contributed by atoms with E-state index in [2.05, 4.69) is 34.1 Å². The molecule has 0 aliphatic heterocycles. The van der Waals surface area contributed by atoms with Crippen molar-refractivity contribution in [3.63, 3.8) is 0 Å². The Morgan fingerprint density at radius 1 is 1.08 bits per heavy atom. The molecular formula is C30H39N3O3. The van der Waals surface area contributed by atoms with E-state index in [0.29, 0.717) is 12.5 Å². The predicted octanol–water partition coefficient (Wildman–Crippen LogP) is 6.18. The minimum atomic E-state index is 0.241. The first-order valence-electron chi connectivity index (χ1n) is 13.3. The van der Waals surface area contributed by atoms with E-state index in [9.17, 15) is 4.79 Å². The van der Waals surface area contributed by atoms with Crippen LogP contribution in [0.4, 0.5) is 0 Å². The lowest BCUT2D eigenvalue weighted by molar-refractivity contribution is -0.122. The summed E-state index contributed by atoms with van der Waals surface area (Å²) in [4.78, 5) is 16.7. The van der Waals surface area contributed by atoms with Crippen molar-refractivity contribution in [2.75, 3.05) is 20.3 Å². The van der Waals surface area contributed by atoms with E-state index in [1.54, 1.807) is 7.11 Å². The van der Waals surface area contributed by atoms with Crippen LogP contribution in [0.3, 0.4) is 0 Å². The van der Waals surface area contributed by atoms with Crippen LogP contribution < -0.4 is 14.8 Å². The SMILES string of the molecule is C/C=C/c1ccc(OCCCCn2c(CCCCCNC(=O)C3CC3)nc3ccccc32)c(OC)c1. The highest BCUT2D eigenvalue weighted by atomic mass is 16.5. The number of methoxy groups -OCH3 is 1. The maximum atomic E-state index is 11.8. The summed E-state index contributed by atoms with van der Waals surface area (Å²) in [6, 6.07) is 14.4. The molecule has 0 bridgehead atoms. The summed E-state index contributed by atoms with van der Waals surface area (Å²) >= 11 is 0. The number of aryl methyl sites for hydroxylation is 2. The first-order chi connectivity index (χ1) is 17.7. The van der Waals surface area contributed by atoms with Crippen LogP contribution in [0.1, 0.15) is 63.3 Å². The zero-order valence-corrected chi connectivity index (χ0v) is 21.7. The molecule has 1 amide bonds. The fourth-order valence-corrected chi connectivity index (χ4v) is 4.51. The molecule has 192 valence electrons. The van der Waals surface area contributed by atoms with Crippen LogP contribution >= 0.6 is 0 Å². The molecule has 0 unspecified atom stereocenters. The zero-order valence-electron chi connectivity index (χ0n) is 21.7. The number of carbonyl (C=O) groups excluding carboxylic acids is 1. The van der Waals surface area contributed by atoms with Gasteiger partial charge in [-0.15, -0.1) is 0 Å². The molecular weight excluding hydrogens is 450 g/mol. The number of imidazole rings is 1. The fraction of sp³-hybridized carbons (Fsp3) is 0.467. The van der Waals surface area contributed by atoms with Gasteiger partial charge in [0.05, 0.1) is 24.8 Å². The summed E-state index contributed by atoms with van der Waals surface area (Å²) in [5, 5.41) is 3.06. The van der Waals surface area contributed by atoms with E-state index in [-0.39, 0.29) is 5.91 Å². The summed E-state index contributed by atoms with van der Waals surface area (Å²) in [6.07, 6.45) is 12.3. The van der Waals surface area contributed by atoms with Gasteiger partial charge in [0.25, 0.3) is 0 Å². The number of benzene rings is 2. The van der Waals surface area contributed by atoms with E-state index in [4.69, 9.17) is 14.5 Å². The molecule has 2 aromatic carbocycles. The smallest absolute Gasteiger partial charge is 0.223 e. The number of rotatable bonds is 15. The molecule has 1 N–H and O–H groups in total. The third-order valence-corrected chi connectivity index (χ3v) is 6.64. The molecule has 1 heterocycles. The van der Waals surface area contributed by atoms with E-state index in [1.165, 1.54) is 5.52 Å². The summed E-state index contributed by atoms with van der Waals surface area (Å²) < 4.78 is 13.9. The number of aromatic nitrogens is 2. The van der Waals surface area contributed by atoms with Crippen molar-refractivity contribution in [2.45, 2.75) is 64.8 Å². The Balaban J connectivity index is 1.24. The molecule has 1 fully saturated rings. The molecule has 0 atom stereocenters. The van der Waals surface area contributed by atoms with E-state index < -0.39 is 0 Å². The molecule has 0 radical (unpaired) electrons. The van der Waals surface area contributed by atoms with Gasteiger partial charge in [0.15, 0.2) is 11.5 Å². The van der Waals surface area contributed by atoms with Crippen molar-refractivity contribution >= 4 is 23.0 Å². The summed E-state index contributed by atoms with van der Waals surface area (Å²) in [6.45, 7) is 4.36. The number of hydrogen-bond donors (Lipinski definition) is 1. The Labute approximate surface area is 214 Å². The standard InChI is InChI=1S/C30H39N3O3/c1-3-11-23-15-18-27(28(22-23)35-2)36-21-10-9-20-33-26-13-7-6-12-25(26)32-29(33)14-5-4-8-19-31-30(34)24-16-17-24/h3,6-7,11-13,15,18,22,24H,4-5,8-10,14,16-17,19-21H2,1-2H3,(H,31,34)/b11-3+. The average molecular weight is 490 g/mol. The van der Waals surface area contributed by atoms with Crippen molar-refractivity contribution in [3.05, 3.63) is 59.9 Å². The lowest BCUT2D eigenvalue weighted by Crippen LogP contribution is -2.25. The Morgan fingerprint density at radius 2 is 1.94 bits per heavy atom. The van der Waals surface area contributed by atoms with Gasteiger partial charge in [0.2, 0.25) is 5.91 Å². The van der Waals surface area contributed by atoms with Crippen molar-refractivity contribution in [1.29, 1.82) is 0 Å². The molecule has 6 heteroatoms. The van der Waals surface area contributed by atoms with Crippen molar-refractivity contribution in [1.82, 2.24) is 14.9 Å². The maximum Gasteiger partial charge on any atom is 0.223 e. The summed E-state index contributed by atoms with van der Waals surface area (Å²) in [7, 11) is 1.68. The quantitative estimate of drug-likeness (QED) is 0.259. The molecule has 1 aliphatic rings. The highest BCUT2D eigenvalue weighted by molar-refractivity contribution is 5.80. The number of fused-ring (bicyclic) bond motifs is 1. The lowest BCUT2D eigenvalue weighted by atomic mass is 10.2. The van der Waals surface area contributed by atoms with Crippen LogP contribution in [0.2, 0.25) is 0 Å². The largest absolute Gasteiger partial charge is 0.493 e. The van der Waals surface area contributed by atoms with Crippen LogP contribution in [-0.4, -0.2) is 35.7 Å². The molecule has 1 saturated carbocycles. The Morgan fingerprint density at radius 3 is 2.75 bits per heavy atom. The van der Waals surface area contributed by atoms with E-state index in [1.807, 2.05) is 37.3 Å². The third kappa shape index (κ3) is 7.12. The molecule has 1 aromatic heterocycles. The number of nitrogens with one attached hydrogen (secondary N) is 1. The van der Waals surface area contributed by atoms with Crippen LogP contribution in [0.5, 0.6) is 11.5 Å². The Kier molecular flexibility index (Phi) is 9.42. The van der Waals surface area contributed by atoms with Gasteiger partial charge in [-0.2, -0.15) is 0 Å². The molecule has 36 heavy (non-hydrogen) atoms. The number of nitrogens with zero attached hydrogens (tertiary/aromatic N) is 2. The number of unbranched alkanes of at least 4 members (excludes halogenated alkanes) is 3. The van der Waals surface area contributed by atoms with Crippen LogP contribution in [0, 0.1) is 5.92 Å². The number of hydrogen-bond acceptors (Lipinski definition) is 4. The first-order valence-corrected chi connectivity index (χ1v) is 13.3. The zero-order chi connectivity index (χ0) is 25.2. The van der Waals surface area contributed by atoms with Crippen LogP contribution in [0.25, 0.3) is 17.1 Å². The van der Waals surface area contributed by atoms with Crippen molar-refractivity contribution in [3.8, 4) is 11.5 Å². The van der Waals surface area contributed by atoms with Gasteiger partial charge in [0.1, 0.15) is 5.82 Å². The highest BCUT2D eigenvalue weighted by Gasteiger charge is 2.28. The molecule has 3 aromatic rings. The minimum absolute atomic E-state index is 0.241. The monoisotopic (exact) mass is 489 g/mol. The molecule has 0 saturated heterocycles. The van der Waals surface area contributed by atoms with Crippen molar-refractivity contribution < 1.29 is 14.3 Å². The van der Waals surface area contributed by atoms with Gasteiger partial charge in [-0.25, -0.2) is 4.98 Å². The molecule has 4 rings (SSSR count). The number of para-hydroxylation sites is 2. The fourth-order valence-electron chi connectivity index (χ4n) is 4.51. The van der Waals surface area contributed by atoms with Gasteiger partial charge in [-0.05, 0) is 75.3 Å².